The van der Waals surface area contributed by atoms with Crippen LogP contribution in [0.4, 0.5) is 0 Å². The molecule has 1 saturated heterocycles. The normalized spacial score (nSPS) is 23.7. The molecule has 1 aromatic carbocycles. The molecule has 1 aliphatic rings. The molecule has 6 heteroatoms. The first-order valence-electron chi connectivity index (χ1n) is 6.56. The monoisotopic (exact) mass is 317 g/mol. The lowest BCUT2D eigenvalue weighted by molar-refractivity contribution is -0.107. The Morgan fingerprint density at radius 3 is 2.65 bits per heavy atom. The van der Waals surface area contributed by atoms with Gasteiger partial charge < -0.3 is 4.74 Å². The molecule has 0 aliphatic carbocycles. The zero-order valence-electron chi connectivity index (χ0n) is 12.0. The zero-order valence-corrected chi connectivity index (χ0v) is 13.5. The molecule has 1 atom stereocenters. The van der Waals surface area contributed by atoms with Gasteiger partial charge >= 0.3 is 0 Å². The first-order chi connectivity index (χ1) is 9.26. The Kier molecular flexibility index (Phi) is 4.44. The van der Waals surface area contributed by atoms with E-state index in [1.54, 1.807) is 25.1 Å². The third kappa shape index (κ3) is 3.17. The first-order valence-corrected chi connectivity index (χ1v) is 8.53. The van der Waals surface area contributed by atoms with Crippen molar-refractivity contribution in [2.75, 3.05) is 19.0 Å². The molecule has 0 saturated carbocycles. The van der Waals surface area contributed by atoms with E-state index in [1.807, 2.05) is 19.9 Å². The van der Waals surface area contributed by atoms with Gasteiger partial charge in [-0.2, -0.15) is 4.31 Å². The molecule has 0 radical (unpaired) electrons. The summed E-state index contributed by atoms with van der Waals surface area (Å²) in [5, 5.41) is 0. The van der Waals surface area contributed by atoms with Crippen LogP contribution in [-0.4, -0.2) is 43.4 Å². The summed E-state index contributed by atoms with van der Waals surface area (Å²) in [6.07, 6.45) is -0.279. The fourth-order valence-corrected chi connectivity index (χ4v) is 4.50. The molecule has 0 N–H and O–H groups in total. The van der Waals surface area contributed by atoms with Gasteiger partial charge in [0.25, 0.3) is 0 Å². The summed E-state index contributed by atoms with van der Waals surface area (Å²) < 4.78 is 32.8. The Bertz CT molecular complexity index is 586. The lowest BCUT2D eigenvalue weighted by Gasteiger charge is -2.41. The highest BCUT2D eigenvalue weighted by molar-refractivity contribution is 7.89. The Balaban J connectivity index is 2.36. The predicted octanol–water partition coefficient (Wildman–Crippen LogP) is 2.40. The van der Waals surface area contributed by atoms with Gasteiger partial charge in [-0.3, -0.25) is 0 Å². The van der Waals surface area contributed by atoms with Gasteiger partial charge in [-0.05, 0) is 32.4 Å². The van der Waals surface area contributed by atoms with Crippen LogP contribution in [0.15, 0.2) is 29.2 Å². The van der Waals surface area contributed by atoms with Crippen LogP contribution in [-0.2, 0) is 14.8 Å². The molecule has 112 valence electrons. The molecule has 0 bridgehead atoms. The first kappa shape index (κ1) is 15.8. The van der Waals surface area contributed by atoms with Crippen LogP contribution in [0.2, 0.25) is 0 Å². The average molecular weight is 318 g/mol. The van der Waals surface area contributed by atoms with Crippen LogP contribution < -0.4 is 0 Å². The molecule has 0 amide bonds. The number of halogens is 1. The van der Waals surface area contributed by atoms with Gasteiger partial charge in [0.05, 0.1) is 16.6 Å². The van der Waals surface area contributed by atoms with Gasteiger partial charge in [0.2, 0.25) is 10.0 Å². The van der Waals surface area contributed by atoms with Crippen LogP contribution in [0.1, 0.15) is 19.4 Å². The van der Waals surface area contributed by atoms with Crippen molar-refractivity contribution < 1.29 is 13.2 Å². The summed E-state index contributed by atoms with van der Waals surface area (Å²) in [6.45, 7) is 6.19. The van der Waals surface area contributed by atoms with Gasteiger partial charge in [0.1, 0.15) is 0 Å². The lowest BCUT2D eigenvalue weighted by Crippen LogP contribution is -2.55. The molecule has 20 heavy (non-hydrogen) atoms. The van der Waals surface area contributed by atoms with Gasteiger partial charge in [0, 0.05) is 19.0 Å². The standard InChI is InChI=1S/C14H20ClNO3S/c1-11-6-4-5-7-13(11)20(17,18)16-9-12(8-15)19-14(2,3)10-16/h4-7,12H,8-10H2,1-3H3. The molecule has 1 heterocycles. The third-order valence-corrected chi connectivity index (χ3v) is 5.65. The number of benzene rings is 1. The number of hydrogen-bond donors (Lipinski definition) is 0. The Morgan fingerprint density at radius 1 is 1.40 bits per heavy atom. The van der Waals surface area contributed by atoms with Crippen molar-refractivity contribution in [3.05, 3.63) is 29.8 Å². The minimum absolute atomic E-state index is 0.279. The van der Waals surface area contributed by atoms with E-state index in [-0.39, 0.29) is 12.0 Å². The van der Waals surface area contributed by atoms with E-state index in [4.69, 9.17) is 16.3 Å². The summed E-state index contributed by atoms with van der Waals surface area (Å²) in [4.78, 5) is 0.353. The maximum atomic E-state index is 12.8. The smallest absolute Gasteiger partial charge is 0.243 e. The predicted molar refractivity (Wildman–Crippen MR) is 79.6 cm³/mol. The maximum absolute atomic E-state index is 12.8. The third-order valence-electron chi connectivity index (χ3n) is 3.33. The highest BCUT2D eigenvalue weighted by Crippen LogP contribution is 2.28. The van der Waals surface area contributed by atoms with E-state index in [2.05, 4.69) is 0 Å². The molecular formula is C14H20ClNO3S. The van der Waals surface area contributed by atoms with Crippen LogP contribution in [0.5, 0.6) is 0 Å². The second-order valence-electron chi connectivity index (χ2n) is 5.72. The van der Waals surface area contributed by atoms with Crippen molar-refractivity contribution in [2.24, 2.45) is 0 Å². The van der Waals surface area contributed by atoms with E-state index >= 15 is 0 Å². The van der Waals surface area contributed by atoms with Crippen molar-refractivity contribution in [2.45, 2.75) is 37.4 Å². The number of ether oxygens (including phenoxy) is 1. The number of sulfonamides is 1. The van der Waals surface area contributed by atoms with E-state index in [1.165, 1.54) is 4.31 Å². The summed E-state index contributed by atoms with van der Waals surface area (Å²) in [5.74, 6) is 0.281. The van der Waals surface area contributed by atoms with Gasteiger partial charge in [-0.25, -0.2) is 8.42 Å². The minimum Gasteiger partial charge on any atom is -0.368 e. The number of rotatable bonds is 3. The quantitative estimate of drug-likeness (QED) is 0.804. The fraction of sp³-hybridized carbons (Fsp3) is 0.571. The highest BCUT2D eigenvalue weighted by atomic mass is 35.5. The molecule has 2 rings (SSSR count). The summed E-state index contributed by atoms with van der Waals surface area (Å²) in [5.41, 5.74) is 0.215. The van der Waals surface area contributed by atoms with Crippen LogP contribution in [0.25, 0.3) is 0 Å². The van der Waals surface area contributed by atoms with Crippen molar-refractivity contribution in [3.63, 3.8) is 0 Å². The highest BCUT2D eigenvalue weighted by Gasteiger charge is 2.39. The minimum atomic E-state index is -3.51. The van der Waals surface area contributed by atoms with Gasteiger partial charge in [-0.15, -0.1) is 11.6 Å². The Labute approximate surface area is 125 Å². The second-order valence-corrected chi connectivity index (χ2v) is 7.93. The average Bonchev–Trinajstić information content (AvgIpc) is 2.37. The van der Waals surface area contributed by atoms with E-state index in [0.29, 0.717) is 18.0 Å². The van der Waals surface area contributed by atoms with E-state index in [0.717, 1.165) is 5.56 Å². The van der Waals surface area contributed by atoms with Crippen molar-refractivity contribution in [1.29, 1.82) is 0 Å². The second kappa shape index (κ2) is 5.64. The molecule has 1 aromatic rings. The van der Waals surface area contributed by atoms with Crippen molar-refractivity contribution in [1.82, 2.24) is 4.31 Å². The van der Waals surface area contributed by atoms with Crippen LogP contribution in [0, 0.1) is 6.92 Å². The van der Waals surface area contributed by atoms with Crippen LogP contribution >= 0.6 is 11.6 Å². The number of morpholine rings is 1. The number of alkyl halides is 1. The molecule has 1 aliphatic heterocycles. The fourth-order valence-electron chi connectivity index (χ4n) is 2.49. The summed E-state index contributed by atoms with van der Waals surface area (Å²) >= 11 is 5.85. The largest absolute Gasteiger partial charge is 0.368 e. The number of hydrogen-bond acceptors (Lipinski definition) is 3. The van der Waals surface area contributed by atoms with Gasteiger partial charge in [0.15, 0.2) is 0 Å². The summed E-state index contributed by atoms with van der Waals surface area (Å²) in [6, 6.07) is 7.02. The zero-order chi connectivity index (χ0) is 15.0. The van der Waals surface area contributed by atoms with Gasteiger partial charge in [-0.1, -0.05) is 18.2 Å². The van der Waals surface area contributed by atoms with E-state index in [9.17, 15) is 8.42 Å². The molecule has 0 spiro atoms. The Hall–Kier alpha value is -0.620. The molecule has 1 unspecified atom stereocenters. The Morgan fingerprint density at radius 2 is 2.05 bits per heavy atom. The maximum Gasteiger partial charge on any atom is 0.243 e. The molecular weight excluding hydrogens is 298 g/mol. The number of aryl methyl sites for hydroxylation is 1. The summed E-state index contributed by atoms with van der Waals surface area (Å²) in [7, 11) is -3.51. The lowest BCUT2D eigenvalue weighted by atomic mass is 10.1. The van der Waals surface area contributed by atoms with E-state index < -0.39 is 15.6 Å². The molecule has 0 aromatic heterocycles. The molecule has 1 fully saturated rings. The van der Waals surface area contributed by atoms with Crippen LogP contribution in [0.3, 0.4) is 0 Å². The topological polar surface area (TPSA) is 46.6 Å². The van der Waals surface area contributed by atoms with Crippen molar-refractivity contribution in [3.8, 4) is 0 Å². The SMILES string of the molecule is Cc1ccccc1S(=O)(=O)N1CC(CCl)OC(C)(C)C1. The van der Waals surface area contributed by atoms with Crippen molar-refractivity contribution >= 4 is 21.6 Å². The molecule has 4 nitrogen and oxygen atoms in total. The number of nitrogens with zero attached hydrogens (tertiary/aromatic N) is 1.